The predicted octanol–water partition coefficient (Wildman–Crippen LogP) is 3.12. The van der Waals surface area contributed by atoms with E-state index in [0.717, 1.165) is 12.8 Å². The van der Waals surface area contributed by atoms with Crippen molar-refractivity contribution in [2.45, 2.75) is 25.8 Å². The Morgan fingerprint density at radius 1 is 1.50 bits per heavy atom. The minimum atomic E-state index is -0.408. The molecule has 16 heavy (non-hydrogen) atoms. The molecule has 1 N–H and O–H groups in total. The van der Waals surface area contributed by atoms with E-state index in [1.807, 2.05) is 0 Å². The molecule has 0 bridgehead atoms. The van der Waals surface area contributed by atoms with Gasteiger partial charge in [0.25, 0.3) is 5.91 Å². The molecule has 0 radical (unpaired) electrons. The minimum absolute atomic E-state index is 0.191. The summed E-state index contributed by atoms with van der Waals surface area (Å²) in [5, 5.41) is 2.89. The zero-order valence-corrected chi connectivity index (χ0v) is 10.6. The van der Waals surface area contributed by atoms with Crippen molar-refractivity contribution in [2.24, 2.45) is 5.92 Å². The summed E-state index contributed by atoms with van der Waals surface area (Å²) in [6.07, 6.45) is 2.04. The quantitative estimate of drug-likeness (QED) is 0.889. The summed E-state index contributed by atoms with van der Waals surface area (Å²) in [5.41, 5.74) is 0.375. The Morgan fingerprint density at radius 3 is 2.75 bits per heavy atom. The average molecular weight is 286 g/mol. The van der Waals surface area contributed by atoms with Gasteiger partial charge >= 0.3 is 0 Å². The Bertz CT molecular complexity index is 415. The molecule has 1 aromatic rings. The molecule has 1 fully saturated rings. The van der Waals surface area contributed by atoms with Crippen LogP contribution in [0, 0.1) is 11.7 Å². The normalized spacial score (nSPS) is 23.7. The average Bonchev–Trinajstić information content (AvgIpc) is 2.19. The third-order valence-corrected chi connectivity index (χ3v) is 3.53. The molecule has 86 valence electrons. The first-order valence-electron chi connectivity index (χ1n) is 5.32. The highest BCUT2D eigenvalue weighted by molar-refractivity contribution is 9.10. The van der Waals surface area contributed by atoms with Gasteiger partial charge in [-0.2, -0.15) is 0 Å². The largest absolute Gasteiger partial charge is 0.349 e. The van der Waals surface area contributed by atoms with Gasteiger partial charge in [0.05, 0.1) is 4.47 Å². The topological polar surface area (TPSA) is 29.1 Å². The fourth-order valence-corrected chi connectivity index (χ4v) is 2.17. The Labute approximate surface area is 102 Å². The third kappa shape index (κ3) is 2.43. The van der Waals surface area contributed by atoms with Crippen molar-refractivity contribution in [1.29, 1.82) is 0 Å². The van der Waals surface area contributed by atoms with Crippen LogP contribution in [0.4, 0.5) is 4.39 Å². The molecule has 4 heteroatoms. The van der Waals surface area contributed by atoms with E-state index in [0.29, 0.717) is 16.0 Å². The monoisotopic (exact) mass is 285 g/mol. The first-order valence-corrected chi connectivity index (χ1v) is 6.11. The second kappa shape index (κ2) is 4.53. The Hall–Kier alpha value is -0.900. The number of halogens is 2. The van der Waals surface area contributed by atoms with Gasteiger partial charge < -0.3 is 5.32 Å². The van der Waals surface area contributed by atoms with E-state index in [-0.39, 0.29) is 11.9 Å². The van der Waals surface area contributed by atoms with Gasteiger partial charge in [0.1, 0.15) is 5.82 Å². The van der Waals surface area contributed by atoms with Crippen molar-refractivity contribution in [3.63, 3.8) is 0 Å². The molecule has 1 saturated carbocycles. The fraction of sp³-hybridized carbons (Fsp3) is 0.417. The summed E-state index contributed by atoms with van der Waals surface area (Å²) in [4.78, 5) is 11.7. The van der Waals surface area contributed by atoms with Gasteiger partial charge in [0.2, 0.25) is 0 Å². The van der Waals surface area contributed by atoms with Crippen molar-refractivity contribution in [3.8, 4) is 0 Å². The lowest BCUT2D eigenvalue weighted by atomic mass is 9.82. The zero-order valence-electron chi connectivity index (χ0n) is 8.97. The molecule has 1 aromatic carbocycles. The van der Waals surface area contributed by atoms with E-state index in [9.17, 15) is 9.18 Å². The highest BCUT2D eigenvalue weighted by atomic mass is 79.9. The highest BCUT2D eigenvalue weighted by Gasteiger charge is 2.26. The zero-order chi connectivity index (χ0) is 11.7. The smallest absolute Gasteiger partial charge is 0.251 e. The molecular formula is C12H13BrFNO. The maximum Gasteiger partial charge on any atom is 0.251 e. The van der Waals surface area contributed by atoms with Crippen molar-refractivity contribution in [2.75, 3.05) is 0 Å². The molecule has 0 atom stereocenters. The van der Waals surface area contributed by atoms with E-state index >= 15 is 0 Å². The second-order valence-corrected chi connectivity index (χ2v) is 5.23. The van der Waals surface area contributed by atoms with Gasteiger partial charge in [0.15, 0.2) is 0 Å². The Morgan fingerprint density at radius 2 is 2.19 bits per heavy atom. The molecule has 2 nitrogen and oxygen atoms in total. The summed E-state index contributed by atoms with van der Waals surface area (Å²) < 4.78 is 13.6. The Balaban J connectivity index is 2.01. The van der Waals surface area contributed by atoms with Crippen LogP contribution in [0.1, 0.15) is 30.1 Å². The molecule has 0 saturated heterocycles. The molecule has 0 heterocycles. The molecule has 0 aromatic heterocycles. The maximum absolute atomic E-state index is 13.2. The van der Waals surface area contributed by atoms with Gasteiger partial charge in [0, 0.05) is 11.6 Å². The van der Waals surface area contributed by atoms with Crippen molar-refractivity contribution in [1.82, 2.24) is 5.32 Å². The van der Waals surface area contributed by atoms with Crippen LogP contribution in [-0.2, 0) is 0 Å². The number of hydrogen-bond donors (Lipinski definition) is 1. The van der Waals surface area contributed by atoms with Crippen LogP contribution < -0.4 is 5.32 Å². The molecule has 0 spiro atoms. The lowest BCUT2D eigenvalue weighted by Crippen LogP contribution is -2.43. The first-order chi connectivity index (χ1) is 7.56. The number of amides is 1. The third-order valence-electron chi connectivity index (χ3n) is 2.89. The molecule has 1 amide bonds. The molecule has 0 unspecified atom stereocenters. The van der Waals surface area contributed by atoms with Gasteiger partial charge in [-0.25, -0.2) is 4.39 Å². The highest BCUT2D eigenvalue weighted by Crippen LogP contribution is 2.26. The SMILES string of the molecule is CC1CC(NC(=O)c2ccc(Br)c(F)c2)C1. The summed E-state index contributed by atoms with van der Waals surface area (Å²) in [5.74, 6) is 0.0879. The number of hydrogen-bond acceptors (Lipinski definition) is 1. The number of benzene rings is 1. The lowest BCUT2D eigenvalue weighted by molar-refractivity contribution is 0.0895. The van der Waals surface area contributed by atoms with Crippen molar-refractivity contribution in [3.05, 3.63) is 34.1 Å². The lowest BCUT2D eigenvalue weighted by Gasteiger charge is -2.33. The summed E-state index contributed by atoms with van der Waals surface area (Å²) >= 11 is 3.06. The second-order valence-electron chi connectivity index (χ2n) is 4.38. The van der Waals surface area contributed by atoms with Crippen LogP contribution in [0.25, 0.3) is 0 Å². The minimum Gasteiger partial charge on any atom is -0.349 e. The maximum atomic E-state index is 13.2. The summed E-state index contributed by atoms with van der Waals surface area (Å²) in [6.45, 7) is 2.15. The number of nitrogens with one attached hydrogen (secondary N) is 1. The van der Waals surface area contributed by atoms with Crippen LogP contribution in [0.15, 0.2) is 22.7 Å². The van der Waals surface area contributed by atoms with Crippen molar-refractivity contribution >= 4 is 21.8 Å². The van der Waals surface area contributed by atoms with Crippen LogP contribution in [-0.4, -0.2) is 11.9 Å². The summed E-state index contributed by atoms with van der Waals surface area (Å²) in [7, 11) is 0. The number of carbonyl (C=O) groups is 1. The first kappa shape index (κ1) is 11.6. The molecule has 2 rings (SSSR count). The molecule has 1 aliphatic carbocycles. The van der Waals surface area contributed by atoms with Crippen LogP contribution in [0.5, 0.6) is 0 Å². The number of carbonyl (C=O) groups excluding carboxylic acids is 1. The van der Waals surface area contributed by atoms with Gasteiger partial charge in [-0.1, -0.05) is 6.92 Å². The predicted molar refractivity (Wildman–Crippen MR) is 63.8 cm³/mol. The standard InChI is InChI=1S/C12H13BrFNO/c1-7-4-9(5-7)15-12(16)8-2-3-10(13)11(14)6-8/h2-3,6-7,9H,4-5H2,1H3,(H,15,16). The van der Waals surface area contributed by atoms with E-state index < -0.39 is 5.82 Å². The van der Waals surface area contributed by atoms with E-state index in [4.69, 9.17) is 0 Å². The van der Waals surface area contributed by atoms with Gasteiger partial charge in [-0.3, -0.25) is 4.79 Å². The van der Waals surface area contributed by atoms with Gasteiger partial charge in [-0.15, -0.1) is 0 Å². The summed E-state index contributed by atoms with van der Waals surface area (Å²) in [6, 6.07) is 4.67. The van der Waals surface area contributed by atoms with Crippen molar-refractivity contribution < 1.29 is 9.18 Å². The molecule has 0 aliphatic heterocycles. The van der Waals surface area contributed by atoms with Crippen LogP contribution in [0.3, 0.4) is 0 Å². The van der Waals surface area contributed by atoms with Crippen LogP contribution >= 0.6 is 15.9 Å². The fourth-order valence-electron chi connectivity index (χ4n) is 1.93. The van der Waals surface area contributed by atoms with E-state index in [2.05, 4.69) is 28.2 Å². The van der Waals surface area contributed by atoms with E-state index in [1.165, 1.54) is 6.07 Å². The number of rotatable bonds is 2. The van der Waals surface area contributed by atoms with Crippen LogP contribution in [0.2, 0.25) is 0 Å². The van der Waals surface area contributed by atoms with Gasteiger partial charge in [-0.05, 0) is 52.9 Å². The molecular weight excluding hydrogens is 273 g/mol. The molecule has 1 aliphatic rings. The van der Waals surface area contributed by atoms with E-state index in [1.54, 1.807) is 12.1 Å². The Kier molecular flexibility index (Phi) is 3.28.